The van der Waals surface area contributed by atoms with Crippen LogP contribution in [0.1, 0.15) is 26.2 Å². The Morgan fingerprint density at radius 3 is 2.85 bits per heavy atom. The third kappa shape index (κ3) is 4.74. The Labute approximate surface area is 154 Å². The van der Waals surface area contributed by atoms with Gasteiger partial charge in [0.05, 0.1) is 17.4 Å². The van der Waals surface area contributed by atoms with Crippen molar-refractivity contribution in [3.8, 4) is 0 Å². The van der Waals surface area contributed by atoms with Crippen molar-refractivity contribution in [2.75, 3.05) is 32.7 Å². The maximum Gasteiger partial charge on any atom is 0.244 e. The number of aryl methyl sites for hydroxylation is 1. The second-order valence-corrected chi connectivity index (χ2v) is 6.49. The molecule has 7 heteroatoms. The molecular formula is C19H28N6O. The third-order valence-electron chi connectivity index (χ3n) is 4.57. The summed E-state index contributed by atoms with van der Waals surface area (Å²) in [5.41, 5.74) is 2.18. The molecule has 0 unspecified atom stereocenters. The van der Waals surface area contributed by atoms with Gasteiger partial charge in [-0.15, -0.1) is 0 Å². The molecule has 2 N–H and O–H groups in total. The lowest BCUT2D eigenvalue weighted by atomic mass is 10.3. The largest absolute Gasteiger partial charge is 0.357 e. The molecule has 1 aliphatic heterocycles. The summed E-state index contributed by atoms with van der Waals surface area (Å²) in [6, 6.07) is 8.15. The first kappa shape index (κ1) is 18.2. The van der Waals surface area contributed by atoms with Crippen molar-refractivity contribution in [1.29, 1.82) is 0 Å². The van der Waals surface area contributed by atoms with Crippen LogP contribution in [0.4, 0.5) is 0 Å². The van der Waals surface area contributed by atoms with Gasteiger partial charge in [0.15, 0.2) is 5.96 Å². The first-order valence-corrected chi connectivity index (χ1v) is 9.47. The summed E-state index contributed by atoms with van der Waals surface area (Å²) in [6.45, 7) is 6.43. The monoisotopic (exact) mass is 356 g/mol. The molecule has 0 spiro atoms. The van der Waals surface area contributed by atoms with Gasteiger partial charge in [-0.25, -0.2) is 9.98 Å². The second-order valence-electron chi connectivity index (χ2n) is 6.49. The molecule has 1 aromatic heterocycles. The van der Waals surface area contributed by atoms with E-state index in [-0.39, 0.29) is 12.5 Å². The zero-order valence-corrected chi connectivity index (χ0v) is 15.4. The quantitative estimate of drug-likeness (QED) is 0.449. The van der Waals surface area contributed by atoms with Crippen LogP contribution >= 0.6 is 0 Å². The molecule has 1 saturated heterocycles. The van der Waals surface area contributed by atoms with E-state index in [1.54, 1.807) is 0 Å². The molecule has 1 fully saturated rings. The van der Waals surface area contributed by atoms with Crippen LogP contribution in [-0.4, -0.2) is 59.0 Å². The highest BCUT2D eigenvalue weighted by Gasteiger charge is 2.17. The van der Waals surface area contributed by atoms with Crippen LogP contribution in [0.5, 0.6) is 0 Å². The van der Waals surface area contributed by atoms with Gasteiger partial charge in [0.25, 0.3) is 0 Å². The lowest BCUT2D eigenvalue weighted by molar-refractivity contribution is -0.128. The number of likely N-dealkylation sites (tertiary alicyclic amines) is 1. The fourth-order valence-electron chi connectivity index (χ4n) is 3.20. The van der Waals surface area contributed by atoms with Crippen LogP contribution in [0.25, 0.3) is 11.0 Å². The number of guanidine groups is 1. The lowest BCUT2D eigenvalue weighted by Crippen LogP contribution is -2.39. The number of para-hydroxylation sites is 2. The van der Waals surface area contributed by atoms with Gasteiger partial charge in [-0.2, -0.15) is 0 Å². The molecule has 0 aliphatic carbocycles. The molecule has 2 aromatic rings. The molecule has 26 heavy (non-hydrogen) atoms. The van der Waals surface area contributed by atoms with Gasteiger partial charge in [0.1, 0.15) is 6.54 Å². The molecule has 7 nitrogen and oxygen atoms in total. The number of nitrogens with zero attached hydrogens (tertiary/aromatic N) is 4. The van der Waals surface area contributed by atoms with E-state index in [0.29, 0.717) is 5.96 Å². The Kier molecular flexibility index (Phi) is 6.46. The molecule has 140 valence electrons. The highest BCUT2D eigenvalue weighted by Crippen LogP contribution is 2.11. The van der Waals surface area contributed by atoms with Gasteiger partial charge < -0.3 is 20.1 Å². The summed E-state index contributed by atoms with van der Waals surface area (Å²) in [4.78, 5) is 22.9. The summed E-state index contributed by atoms with van der Waals surface area (Å²) in [5, 5.41) is 6.51. The molecule has 1 amide bonds. The molecule has 1 aliphatic rings. The first-order valence-electron chi connectivity index (χ1n) is 9.47. The Bertz CT molecular complexity index is 747. The van der Waals surface area contributed by atoms with E-state index in [2.05, 4.69) is 31.2 Å². The van der Waals surface area contributed by atoms with Crippen LogP contribution in [0.2, 0.25) is 0 Å². The number of benzene rings is 1. The number of hydrogen-bond donors (Lipinski definition) is 2. The number of aliphatic imine (C=N–C) groups is 1. The zero-order chi connectivity index (χ0) is 18.2. The fourth-order valence-corrected chi connectivity index (χ4v) is 3.20. The van der Waals surface area contributed by atoms with Crippen molar-refractivity contribution in [2.45, 2.75) is 32.7 Å². The number of rotatable bonds is 7. The molecular weight excluding hydrogens is 328 g/mol. The third-order valence-corrected chi connectivity index (χ3v) is 4.57. The standard InChI is InChI=1S/C19H28N6O/c1-2-20-19(22-14-18(26)24-11-5-6-12-24)21-10-7-13-25-15-23-16-8-3-4-9-17(16)25/h3-4,8-9,15H,2,5-7,10-14H2,1H3,(H2,20,21,22). The van der Waals surface area contributed by atoms with Crippen molar-refractivity contribution in [1.82, 2.24) is 25.1 Å². The lowest BCUT2D eigenvalue weighted by Gasteiger charge is -2.15. The number of amides is 1. The van der Waals surface area contributed by atoms with Crippen molar-refractivity contribution < 1.29 is 4.79 Å². The van der Waals surface area contributed by atoms with E-state index >= 15 is 0 Å². The maximum atomic E-state index is 12.1. The Balaban J connectivity index is 1.45. The molecule has 0 bridgehead atoms. The molecule has 3 rings (SSSR count). The van der Waals surface area contributed by atoms with Crippen LogP contribution in [-0.2, 0) is 11.3 Å². The minimum absolute atomic E-state index is 0.115. The van der Waals surface area contributed by atoms with Crippen molar-refractivity contribution in [2.24, 2.45) is 4.99 Å². The fraction of sp³-hybridized carbons (Fsp3) is 0.526. The second kappa shape index (κ2) is 9.22. The number of hydrogen-bond acceptors (Lipinski definition) is 3. The summed E-state index contributed by atoms with van der Waals surface area (Å²) in [7, 11) is 0. The summed E-state index contributed by atoms with van der Waals surface area (Å²) in [6.07, 6.45) is 5.05. The Hall–Kier alpha value is -2.57. The van der Waals surface area contributed by atoms with Gasteiger partial charge in [-0.3, -0.25) is 4.79 Å². The number of nitrogens with one attached hydrogen (secondary N) is 2. The smallest absolute Gasteiger partial charge is 0.244 e. The molecule has 0 radical (unpaired) electrons. The predicted octanol–water partition coefficient (Wildman–Crippen LogP) is 1.60. The molecule has 0 atom stereocenters. The highest BCUT2D eigenvalue weighted by atomic mass is 16.2. The van der Waals surface area contributed by atoms with Gasteiger partial charge in [0.2, 0.25) is 5.91 Å². The highest BCUT2D eigenvalue weighted by molar-refractivity contribution is 5.85. The van der Waals surface area contributed by atoms with Crippen LogP contribution in [0.15, 0.2) is 35.6 Å². The van der Waals surface area contributed by atoms with E-state index in [9.17, 15) is 4.79 Å². The van der Waals surface area contributed by atoms with Gasteiger partial charge in [-0.1, -0.05) is 12.1 Å². The average molecular weight is 356 g/mol. The number of imidazole rings is 1. The summed E-state index contributed by atoms with van der Waals surface area (Å²) >= 11 is 0. The minimum Gasteiger partial charge on any atom is -0.357 e. The van der Waals surface area contributed by atoms with Crippen LogP contribution < -0.4 is 10.6 Å². The number of fused-ring (bicyclic) bond motifs is 1. The van der Waals surface area contributed by atoms with E-state index in [1.165, 1.54) is 0 Å². The Morgan fingerprint density at radius 1 is 1.23 bits per heavy atom. The summed E-state index contributed by atoms with van der Waals surface area (Å²) < 4.78 is 2.16. The normalized spacial score (nSPS) is 14.8. The van der Waals surface area contributed by atoms with Crippen molar-refractivity contribution >= 4 is 22.9 Å². The number of carbonyl (C=O) groups is 1. The molecule has 1 aromatic carbocycles. The number of carbonyl (C=O) groups excluding carboxylic acids is 1. The van der Waals surface area contributed by atoms with E-state index in [1.807, 2.05) is 36.4 Å². The maximum absolute atomic E-state index is 12.1. The van der Waals surface area contributed by atoms with E-state index in [4.69, 9.17) is 0 Å². The minimum atomic E-state index is 0.115. The Morgan fingerprint density at radius 2 is 2.04 bits per heavy atom. The summed E-state index contributed by atoms with van der Waals surface area (Å²) in [5.74, 6) is 0.820. The van der Waals surface area contributed by atoms with Crippen molar-refractivity contribution in [3.63, 3.8) is 0 Å². The van der Waals surface area contributed by atoms with E-state index < -0.39 is 0 Å². The van der Waals surface area contributed by atoms with Gasteiger partial charge in [0, 0.05) is 32.7 Å². The van der Waals surface area contributed by atoms with Gasteiger partial charge >= 0.3 is 0 Å². The topological polar surface area (TPSA) is 74.6 Å². The molecule has 0 saturated carbocycles. The SMILES string of the molecule is CCNC(=NCC(=O)N1CCCC1)NCCCn1cnc2ccccc21. The zero-order valence-electron chi connectivity index (χ0n) is 15.4. The predicted molar refractivity (Wildman–Crippen MR) is 104 cm³/mol. The number of aromatic nitrogens is 2. The molecule has 2 heterocycles. The average Bonchev–Trinajstić information content (AvgIpc) is 3.33. The van der Waals surface area contributed by atoms with Gasteiger partial charge in [-0.05, 0) is 38.3 Å². The van der Waals surface area contributed by atoms with Crippen LogP contribution in [0.3, 0.4) is 0 Å². The first-order chi connectivity index (χ1) is 12.8. The van der Waals surface area contributed by atoms with Crippen molar-refractivity contribution in [3.05, 3.63) is 30.6 Å². The van der Waals surface area contributed by atoms with E-state index in [0.717, 1.165) is 63.0 Å². The van der Waals surface area contributed by atoms with Crippen LogP contribution in [0, 0.1) is 0 Å².